The normalized spacial score (nSPS) is 14.1. The van der Waals surface area contributed by atoms with Gasteiger partial charge in [0.05, 0.1) is 23.6 Å². The number of carbonyl (C=O) groups is 2. The highest BCUT2D eigenvalue weighted by atomic mass is 32.2. The van der Waals surface area contributed by atoms with Gasteiger partial charge in [-0.3, -0.25) is 14.5 Å². The van der Waals surface area contributed by atoms with Crippen LogP contribution in [0.1, 0.15) is 6.42 Å². The lowest BCUT2D eigenvalue weighted by atomic mass is 10.2. The molecule has 8 nitrogen and oxygen atoms in total. The minimum absolute atomic E-state index is 0.0942. The number of amides is 2. The Morgan fingerprint density at radius 1 is 1.15 bits per heavy atom. The Morgan fingerprint density at radius 3 is 2.56 bits per heavy atom. The first-order valence-electron chi connectivity index (χ1n) is 8.26. The number of anilines is 2. The molecule has 27 heavy (non-hydrogen) atoms. The molecular weight excluding hydrogens is 370 g/mol. The number of sulfonamides is 1. The highest BCUT2D eigenvalue weighted by Gasteiger charge is 2.25. The number of hydrogen-bond donors (Lipinski definition) is 2. The summed E-state index contributed by atoms with van der Waals surface area (Å²) in [6.45, 7) is 0.0884. The quantitative estimate of drug-likeness (QED) is 0.803. The second-order valence-electron chi connectivity index (χ2n) is 5.83. The van der Waals surface area contributed by atoms with Crippen molar-refractivity contribution in [3.05, 3.63) is 48.5 Å². The number of rotatable bonds is 5. The third kappa shape index (κ3) is 4.26. The van der Waals surface area contributed by atoms with Gasteiger partial charge in [-0.15, -0.1) is 0 Å². The van der Waals surface area contributed by atoms with Crippen molar-refractivity contribution in [2.45, 2.75) is 11.3 Å². The predicted octanol–water partition coefficient (Wildman–Crippen LogP) is 1.35. The van der Waals surface area contributed by atoms with Crippen molar-refractivity contribution >= 4 is 33.2 Å². The summed E-state index contributed by atoms with van der Waals surface area (Å²) in [7, 11) is -2.22. The maximum Gasteiger partial charge on any atom is 0.244 e. The van der Waals surface area contributed by atoms with E-state index < -0.39 is 15.9 Å². The topological polar surface area (TPSA) is 105 Å². The van der Waals surface area contributed by atoms with Crippen LogP contribution in [0.4, 0.5) is 11.4 Å². The van der Waals surface area contributed by atoms with E-state index in [4.69, 9.17) is 4.74 Å². The first-order chi connectivity index (χ1) is 12.9. The second-order valence-corrected chi connectivity index (χ2v) is 7.71. The zero-order chi connectivity index (χ0) is 19.4. The molecule has 0 aromatic heterocycles. The largest absolute Gasteiger partial charge is 0.491 e. The van der Waals surface area contributed by atoms with Gasteiger partial charge in [-0.2, -0.15) is 0 Å². The summed E-state index contributed by atoms with van der Waals surface area (Å²) in [5.41, 5.74) is 0.979. The average molecular weight is 389 g/mol. The summed E-state index contributed by atoms with van der Waals surface area (Å²) in [5.74, 6) is -0.0485. The molecule has 3 rings (SSSR count). The molecule has 142 valence electrons. The van der Waals surface area contributed by atoms with E-state index in [9.17, 15) is 18.0 Å². The molecule has 1 aliphatic heterocycles. The van der Waals surface area contributed by atoms with E-state index in [1.54, 1.807) is 24.3 Å². The fraction of sp³-hybridized carbons (Fsp3) is 0.222. The van der Waals surface area contributed by atoms with Gasteiger partial charge in [0.2, 0.25) is 21.8 Å². The van der Waals surface area contributed by atoms with Crippen LogP contribution in [-0.2, 0) is 19.6 Å². The molecular formula is C18H19N3O5S. The Morgan fingerprint density at radius 2 is 1.85 bits per heavy atom. The van der Waals surface area contributed by atoms with Gasteiger partial charge in [0.15, 0.2) is 0 Å². The average Bonchev–Trinajstić information content (AvgIpc) is 2.81. The van der Waals surface area contributed by atoms with Crippen molar-refractivity contribution in [1.82, 2.24) is 4.72 Å². The van der Waals surface area contributed by atoms with Crippen molar-refractivity contribution in [3.63, 3.8) is 0 Å². The third-order valence-electron chi connectivity index (χ3n) is 4.05. The van der Waals surface area contributed by atoms with Crippen LogP contribution >= 0.6 is 0 Å². The minimum Gasteiger partial charge on any atom is -0.491 e. The van der Waals surface area contributed by atoms with Crippen molar-refractivity contribution in [2.24, 2.45) is 0 Å². The lowest BCUT2D eigenvalue weighted by Crippen LogP contribution is -2.37. The molecule has 2 amide bonds. The molecule has 1 heterocycles. The number of nitrogens with one attached hydrogen (secondary N) is 2. The number of ether oxygens (including phenoxy) is 1. The van der Waals surface area contributed by atoms with Gasteiger partial charge in [-0.1, -0.05) is 12.1 Å². The van der Waals surface area contributed by atoms with E-state index in [0.717, 1.165) is 0 Å². The Kier molecular flexibility index (Phi) is 5.43. The molecule has 0 saturated heterocycles. The van der Waals surface area contributed by atoms with E-state index >= 15 is 0 Å². The van der Waals surface area contributed by atoms with Crippen LogP contribution in [0.25, 0.3) is 0 Å². The Hall–Kier alpha value is -2.91. The number of para-hydroxylation sites is 2. The first-order valence-corrected chi connectivity index (χ1v) is 9.75. The van der Waals surface area contributed by atoms with Crippen LogP contribution in [0.15, 0.2) is 53.4 Å². The SMILES string of the molecule is CNS(=O)(=O)c1ccc(NC(=O)CN2C(=O)CCOc3ccccc32)cc1. The van der Waals surface area contributed by atoms with E-state index in [-0.39, 0.29) is 30.4 Å². The van der Waals surface area contributed by atoms with Crippen molar-refractivity contribution in [2.75, 3.05) is 30.4 Å². The molecule has 0 unspecified atom stereocenters. The van der Waals surface area contributed by atoms with Crippen LogP contribution in [-0.4, -0.2) is 40.4 Å². The van der Waals surface area contributed by atoms with E-state index in [1.165, 1.54) is 36.2 Å². The van der Waals surface area contributed by atoms with Crippen LogP contribution < -0.4 is 19.7 Å². The molecule has 0 saturated carbocycles. The monoisotopic (exact) mass is 389 g/mol. The zero-order valence-corrected chi connectivity index (χ0v) is 15.5. The lowest BCUT2D eigenvalue weighted by molar-refractivity contribution is -0.121. The molecule has 0 atom stereocenters. The van der Waals surface area contributed by atoms with Gasteiger partial charge in [0, 0.05) is 5.69 Å². The van der Waals surface area contributed by atoms with E-state index in [0.29, 0.717) is 17.1 Å². The van der Waals surface area contributed by atoms with Crippen molar-refractivity contribution in [3.8, 4) is 5.75 Å². The van der Waals surface area contributed by atoms with E-state index in [1.807, 2.05) is 0 Å². The van der Waals surface area contributed by atoms with Gasteiger partial charge >= 0.3 is 0 Å². The molecule has 1 aliphatic rings. The number of nitrogens with zero attached hydrogens (tertiary/aromatic N) is 1. The van der Waals surface area contributed by atoms with Crippen LogP contribution in [0.5, 0.6) is 5.75 Å². The molecule has 9 heteroatoms. The van der Waals surface area contributed by atoms with Gasteiger partial charge in [-0.05, 0) is 43.4 Å². The maximum absolute atomic E-state index is 12.4. The lowest BCUT2D eigenvalue weighted by Gasteiger charge is -2.21. The number of benzene rings is 2. The molecule has 0 spiro atoms. The van der Waals surface area contributed by atoms with Crippen LogP contribution in [0.3, 0.4) is 0 Å². The Balaban J connectivity index is 1.73. The molecule has 2 N–H and O–H groups in total. The predicted molar refractivity (Wildman–Crippen MR) is 100 cm³/mol. The van der Waals surface area contributed by atoms with Gasteiger partial charge in [0.1, 0.15) is 12.3 Å². The molecule has 2 aromatic rings. The van der Waals surface area contributed by atoms with Crippen LogP contribution in [0, 0.1) is 0 Å². The summed E-state index contributed by atoms with van der Waals surface area (Å²) < 4.78 is 31.2. The summed E-state index contributed by atoms with van der Waals surface area (Å²) in [6.07, 6.45) is 0.179. The summed E-state index contributed by atoms with van der Waals surface area (Å²) in [6, 6.07) is 12.8. The van der Waals surface area contributed by atoms with E-state index in [2.05, 4.69) is 10.0 Å². The summed E-state index contributed by atoms with van der Waals surface area (Å²) in [4.78, 5) is 26.2. The van der Waals surface area contributed by atoms with Crippen LogP contribution in [0.2, 0.25) is 0 Å². The molecule has 0 fully saturated rings. The smallest absolute Gasteiger partial charge is 0.244 e. The zero-order valence-electron chi connectivity index (χ0n) is 14.6. The number of carbonyl (C=O) groups excluding carboxylic acids is 2. The molecule has 0 bridgehead atoms. The summed E-state index contributed by atoms with van der Waals surface area (Å²) >= 11 is 0. The fourth-order valence-electron chi connectivity index (χ4n) is 2.67. The van der Waals surface area contributed by atoms with Crippen molar-refractivity contribution < 1.29 is 22.7 Å². The highest BCUT2D eigenvalue weighted by molar-refractivity contribution is 7.89. The standard InChI is InChI=1S/C18H19N3O5S/c1-19-27(24,25)14-8-6-13(7-9-14)20-17(22)12-21-15-4-2-3-5-16(15)26-11-10-18(21)23/h2-9,19H,10-12H2,1H3,(H,20,22). The molecule has 2 aromatic carbocycles. The van der Waals surface area contributed by atoms with Crippen molar-refractivity contribution in [1.29, 1.82) is 0 Å². The number of hydrogen-bond acceptors (Lipinski definition) is 5. The summed E-state index contributed by atoms with van der Waals surface area (Å²) in [5, 5.41) is 2.67. The second kappa shape index (κ2) is 7.77. The minimum atomic E-state index is -3.54. The highest BCUT2D eigenvalue weighted by Crippen LogP contribution is 2.30. The molecule has 0 aliphatic carbocycles. The molecule has 0 radical (unpaired) electrons. The van der Waals surface area contributed by atoms with Gasteiger partial charge in [-0.25, -0.2) is 13.1 Å². The van der Waals surface area contributed by atoms with Gasteiger partial charge < -0.3 is 10.1 Å². The Bertz CT molecular complexity index is 957. The maximum atomic E-state index is 12.4. The fourth-order valence-corrected chi connectivity index (χ4v) is 3.40. The first kappa shape index (κ1) is 18.9. The van der Waals surface area contributed by atoms with Gasteiger partial charge in [0.25, 0.3) is 0 Å². The number of fused-ring (bicyclic) bond motifs is 1. The Labute approximate surface area is 157 Å². The third-order valence-corrected chi connectivity index (χ3v) is 5.48.